The molecule has 114 valence electrons. The van der Waals surface area contributed by atoms with Crippen LogP contribution in [-0.2, 0) is 17.8 Å². The van der Waals surface area contributed by atoms with E-state index in [1.165, 1.54) is 16.6 Å². The fourth-order valence-corrected chi connectivity index (χ4v) is 2.74. The van der Waals surface area contributed by atoms with Gasteiger partial charge in [0.05, 0.1) is 6.04 Å². The van der Waals surface area contributed by atoms with E-state index in [4.69, 9.17) is 0 Å². The number of rotatable bonds is 4. The molecule has 2 aromatic rings. The number of fused-ring (bicyclic) bond motifs is 1. The summed E-state index contributed by atoms with van der Waals surface area (Å²) in [5.74, 6) is -0.739. The molecule has 0 saturated heterocycles. The Bertz CT molecular complexity index is 712. The number of carbonyl (C=O) groups is 1. The molecule has 0 unspecified atom stereocenters. The van der Waals surface area contributed by atoms with Crippen molar-refractivity contribution in [2.45, 2.75) is 31.8 Å². The predicted octanol–water partition coefficient (Wildman–Crippen LogP) is 1.38. The Hall–Kier alpha value is -2.77. The van der Waals surface area contributed by atoms with E-state index in [0.29, 0.717) is 0 Å². The normalized spacial score (nSPS) is 16.8. The average molecular weight is 301 g/mol. The predicted molar refractivity (Wildman–Crippen MR) is 76.9 cm³/mol. The van der Waals surface area contributed by atoms with Gasteiger partial charge in [-0.2, -0.15) is 4.68 Å². The molecule has 1 heterocycles. The van der Waals surface area contributed by atoms with E-state index >= 15 is 0 Å². The Balaban J connectivity index is 1.66. The van der Waals surface area contributed by atoms with Crippen LogP contribution in [-0.4, -0.2) is 25.6 Å². The SMILES string of the molecule is O=C(Cn1cnc([N+](=O)[O-])n1)N[C@@H]1CCCc2ccccc21. The number of hydrogen-bond donors (Lipinski definition) is 1. The minimum Gasteiger partial charge on any atom is -0.390 e. The van der Waals surface area contributed by atoms with Gasteiger partial charge in [0.15, 0.2) is 0 Å². The van der Waals surface area contributed by atoms with Gasteiger partial charge in [0, 0.05) is 5.10 Å². The third-order valence-corrected chi connectivity index (χ3v) is 3.70. The first kappa shape index (κ1) is 14.2. The second kappa shape index (κ2) is 5.92. The van der Waals surface area contributed by atoms with Crippen molar-refractivity contribution in [3.05, 3.63) is 51.8 Å². The van der Waals surface area contributed by atoms with Gasteiger partial charge in [0.25, 0.3) is 0 Å². The number of benzene rings is 1. The van der Waals surface area contributed by atoms with Crippen molar-refractivity contribution >= 4 is 11.9 Å². The van der Waals surface area contributed by atoms with E-state index in [1.807, 2.05) is 18.2 Å². The van der Waals surface area contributed by atoms with Crippen molar-refractivity contribution < 1.29 is 9.72 Å². The number of aryl methyl sites for hydroxylation is 1. The second-order valence-electron chi connectivity index (χ2n) is 5.21. The number of aromatic nitrogens is 3. The molecule has 0 fully saturated rings. The summed E-state index contributed by atoms with van der Waals surface area (Å²) in [5.41, 5.74) is 2.40. The first-order valence-electron chi connectivity index (χ1n) is 7.04. The third kappa shape index (κ3) is 2.95. The number of nitrogens with one attached hydrogen (secondary N) is 1. The Morgan fingerprint density at radius 1 is 1.45 bits per heavy atom. The fraction of sp³-hybridized carbons (Fsp3) is 0.357. The highest BCUT2D eigenvalue weighted by atomic mass is 16.6. The van der Waals surface area contributed by atoms with Crippen LogP contribution in [0.1, 0.15) is 30.0 Å². The summed E-state index contributed by atoms with van der Waals surface area (Å²) >= 11 is 0. The van der Waals surface area contributed by atoms with Gasteiger partial charge in [-0.05, 0) is 35.3 Å². The largest absolute Gasteiger partial charge is 0.490 e. The van der Waals surface area contributed by atoms with Gasteiger partial charge in [-0.1, -0.05) is 29.2 Å². The molecule has 22 heavy (non-hydrogen) atoms. The molecule has 3 rings (SSSR count). The van der Waals surface area contributed by atoms with Crippen LogP contribution in [0.5, 0.6) is 0 Å². The highest BCUT2D eigenvalue weighted by molar-refractivity contribution is 5.76. The lowest BCUT2D eigenvalue weighted by Crippen LogP contribution is -2.33. The van der Waals surface area contributed by atoms with E-state index < -0.39 is 10.9 Å². The summed E-state index contributed by atoms with van der Waals surface area (Å²) in [7, 11) is 0. The van der Waals surface area contributed by atoms with Gasteiger partial charge in [-0.25, -0.2) is 0 Å². The van der Waals surface area contributed by atoms with E-state index in [2.05, 4.69) is 21.5 Å². The first-order valence-corrected chi connectivity index (χ1v) is 7.04. The fourth-order valence-electron chi connectivity index (χ4n) is 2.74. The number of hydrogen-bond acceptors (Lipinski definition) is 5. The standard InChI is InChI=1S/C14H15N5O3/c20-13(8-18-9-15-14(17-18)19(21)22)16-12-7-3-5-10-4-1-2-6-11(10)12/h1-2,4,6,9,12H,3,5,7-8H2,(H,16,20)/t12-/m1/s1. The van der Waals surface area contributed by atoms with Crippen LogP contribution in [0.2, 0.25) is 0 Å². The van der Waals surface area contributed by atoms with Gasteiger partial charge in [-0.15, -0.1) is 0 Å². The molecular weight excluding hydrogens is 286 g/mol. The lowest BCUT2D eigenvalue weighted by atomic mass is 9.88. The number of amides is 1. The lowest BCUT2D eigenvalue weighted by molar-refractivity contribution is -0.394. The number of nitrogens with zero attached hydrogens (tertiary/aromatic N) is 4. The number of nitro groups is 1. The molecule has 1 aromatic heterocycles. The lowest BCUT2D eigenvalue weighted by Gasteiger charge is -2.26. The van der Waals surface area contributed by atoms with Gasteiger partial charge >= 0.3 is 5.95 Å². The minimum absolute atomic E-state index is 0.0176. The molecule has 0 spiro atoms. The average Bonchev–Trinajstić information content (AvgIpc) is 2.96. The summed E-state index contributed by atoms with van der Waals surface area (Å²) in [6.45, 7) is -0.0838. The van der Waals surface area contributed by atoms with E-state index in [0.717, 1.165) is 24.8 Å². The van der Waals surface area contributed by atoms with Gasteiger partial charge < -0.3 is 15.4 Å². The molecule has 1 atom stereocenters. The Kier molecular flexibility index (Phi) is 3.82. The summed E-state index contributed by atoms with van der Waals surface area (Å²) in [4.78, 5) is 25.5. The topological polar surface area (TPSA) is 103 Å². The van der Waals surface area contributed by atoms with Crippen molar-refractivity contribution in [1.29, 1.82) is 0 Å². The van der Waals surface area contributed by atoms with Crippen LogP contribution in [0, 0.1) is 10.1 Å². The summed E-state index contributed by atoms with van der Waals surface area (Å²) in [6.07, 6.45) is 4.13. The van der Waals surface area contributed by atoms with E-state index in [9.17, 15) is 14.9 Å². The smallest absolute Gasteiger partial charge is 0.390 e. The van der Waals surface area contributed by atoms with Crippen LogP contribution < -0.4 is 5.32 Å². The van der Waals surface area contributed by atoms with Crippen molar-refractivity contribution in [2.24, 2.45) is 0 Å². The molecule has 0 bridgehead atoms. The molecule has 1 aliphatic rings. The Morgan fingerprint density at radius 2 is 2.27 bits per heavy atom. The maximum Gasteiger partial charge on any atom is 0.490 e. The van der Waals surface area contributed by atoms with Crippen molar-refractivity contribution in [3.8, 4) is 0 Å². The van der Waals surface area contributed by atoms with Crippen LogP contribution >= 0.6 is 0 Å². The van der Waals surface area contributed by atoms with Crippen molar-refractivity contribution in [2.75, 3.05) is 0 Å². The van der Waals surface area contributed by atoms with Crippen LogP contribution in [0.25, 0.3) is 0 Å². The minimum atomic E-state index is -0.689. The van der Waals surface area contributed by atoms with E-state index in [-0.39, 0.29) is 18.5 Å². The molecular formula is C14H15N5O3. The monoisotopic (exact) mass is 301 g/mol. The highest BCUT2D eigenvalue weighted by Gasteiger charge is 2.22. The third-order valence-electron chi connectivity index (χ3n) is 3.70. The zero-order valence-electron chi connectivity index (χ0n) is 11.8. The molecule has 8 nitrogen and oxygen atoms in total. The molecule has 0 radical (unpaired) electrons. The first-order chi connectivity index (χ1) is 10.6. The quantitative estimate of drug-likeness (QED) is 0.678. The molecule has 0 aliphatic heterocycles. The Morgan fingerprint density at radius 3 is 3.05 bits per heavy atom. The van der Waals surface area contributed by atoms with Gasteiger partial charge in [0.1, 0.15) is 6.54 Å². The van der Waals surface area contributed by atoms with Crippen LogP contribution in [0.3, 0.4) is 0 Å². The highest BCUT2D eigenvalue weighted by Crippen LogP contribution is 2.29. The second-order valence-corrected chi connectivity index (χ2v) is 5.21. The molecule has 0 saturated carbocycles. The molecule has 1 N–H and O–H groups in total. The van der Waals surface area contributed by atoms with Crippen LogP contribution in [0.4, 0.5) is 5.95 Å². The van der Waals surface area contributed by atoms with Crippen molar-refractivity contribution in [3.63, 3.8) is 0 Å². The maximum absolute atomic E-state index is 12.1. The van der Waals surface area contributed by atoms with Gasteiger partial charge in [0.2, 0.25) is 12.2 Å². The maximum atomic E-state index is 12.1. The molecule has 8 heteroatoms. The van der Waals surface area contributed by atoms with Gasteiger partial charge in [-0.3, -0.25) is 4.79 Å². The molecule has 1 aliphatic carbocycles. The Labute approximate surface area is 126 Å². The molecule has 1 amide bonds. The zero-order valence-corrected chi connectivity index (χ0v) is 11.8. The zero-order chi connectivity index (χ0) is 15.5. The van der Waals surface area contributed by atoms with Crippen LogP contribution in [0.15, 0.2) is 30.6 Å². The van der Waals surface area contributed by atoms with Crippen molar-refractivity contribution in [1.82, 2.24) is 20.1 Å². The van der Waals surface area contributed by atoms with E-state index in [1.54, 1.807) is 0 Å². The number of carbonyl (C=O) groups excluding carboxylic acids is 1. The summed E-state index contributed by atoms with van der Waals surface area (Å²) < 4.78 is 1.17. The summed E-state index contributed by atoms with van der Waals surface area (Å²) in [5, 5.41) is 17.1. The molecule has 1 aromatic carbocycles. The summed E-state index contributed by atoms with van der Waals surface area (Å²) in [6, 6.07) is 8.05.